The molecular weight excluding hydrogens is 412 g/mol. The summed E-state index contributed by atoms with van der Waals surface area (Å²) in [6, 6.07) is 12.2. The van der Waals surface area contributed by atoms with Crippen LogP contribution in [0, 0.1) is 12.3 Å². The summed E-state index contributed by atoms with van der Waals surface area (Å²) >= 11 is 0. The summed E-state index contributed by atoms with van der Waals surface area (Å²) < 4.78 is 26.9. The summed E-state index contributed by atoms with van der Waals surface area (Å²) in [5, 5.41) is 0. The van der Waals surface area contributed by atoms with Crippen molar-refractivity contribution >= 4 is 15.9 Å². The van der Waals surface area contributed by atoms with Crippen LogP contribution in [0.1, 0.15) is 28.9 Å². The largest absolute Gasteiger partial charge is 0.339 e. The van der Waals surface area contributed by atoms with Crippen LogP contribution in [-0.4, -0.2) is 68.4 Å². The Morgan fingerprint density at radius 3 is 2.71 bits per heavy atom. The number of rotatable bonds is 8. The average molecular weight is 441 g/mol. The topological polar surface area (TPSA) is 82.6 Å². The molecule has 8 heteroatoms. The van der Waals surface area contributed by atoms with Crippen molar-refractivity contribution in [1.82, 2.24) is 19.5 Å². The molecule has 1 aliphatic rings. The van der Waals surface area contributed by atoms with E-state index < -0.39 is 10.0 Å². The monoisotopic (exact) mass is 440 g/mol. The van der Waals surface area contributed by atoms with Gasteiger partial charge < -0.3 is 9.80 Å². The number of likely N-dealkylation sites (tertiary alicyclic amines) is 1. The Kier molecular flexibility index (Phi) is 7.80. The van der Waals surface area contributed by atoms with Crippen LogP contribution in [0.4, 0.5) is 0 Å². The molecule has 1 aromatic heterocycles. The van der Waals surface area contributed by atoms with E-state index in [-0.39, 0.29) is 23.4 Å². The van der Waals surface area contributed by atoms with Crippen molar-refractivity contribution < 1.29 is 13.2 Å². The highest BCUT2D eigenvalue weighted by molar-refractivity contribution is 7.89. The van der Waals surface area contributed by atoms with Crippen LogP contribution in [0.3, 0.4) is 0 Å². The molecule has 164 valence electrons. The molecule has 0 aliphatic carbocycles. The predicted molar refractivity (Wildman–Crippen MR) is 120 cm³/mol. The van der Waals surface area contributed by atoms with Gasteiger partial charge in [-0.2, -0.15) is 4.72 Å². The van der Waals surface area contributed by atoms with Crippen molar-refractivity contribution in [3.63, 3.8) is 0 Å². The van der Waals surface area contributed by atoms with E-state index in [1.165, 1.54) is 12.1 Å². The van der Waals surface area contributed by atoms with Gasteiger partial charge in [-0.25, -0.2) is 8.42 Å². The number of nitrogens with one attached hydrogen (secondary N) is 1. The smallest absolute Gasteiger partial charge is 0.253 e. The molecule has 0 atom stereocenters. The van der Waals surface area contributed by atoms with E-state index in [2.05, 4.69) is 20.5 Å². The number of hydrogen-bond acceptors (Lipinski definition) is 5. The molecule has 1 aromatic carbocycles. The minimum Gasteiger partial charge on any atom is -0.339 e. The number of piperidine rings is 1. The number of benzene rings is 1. The van der Waals surface area contributed by atoms with E-state index in [1.54, 1.807) is 24.1 Å². The van der Waals surface area contributed by atoms with Crippen LogP contribution in [0.25, 0.3) is 0 Å². The van der Waals surface area contributed by atoms with Gasteiger partial charge in [0.15, 0.2) is 0 Å². The molecule has 0 saturated carbocycles. The van der Waals surface area contributed by atoms with Crippen LogP contribution >= 0.6 is 0 Å². The number of terminal acetylenes is 1. The van der Waals surface area contributed by atoms with Gasteiger partial charge in [0.05, 0.1) is 11.4 Å². The highest BCUT2D eigenvalue weighted by atomic mass is 32.2. The third kappa shape index (κ3) is 6.14. The number of aromatic nitrogens is 1. The van der Waals surface area contributed by atoms with Gasteiger partial charge in [0.1, 0.15) is 0 Å². The first-order valence-corrected chi connectivity index (χ1v) is 11.8. The molecule has 1 saturated heterocycles. The zero-order chi connectivity index (χ0) is 22.3. The van der Waals surface area contributed by atoms with Gasteiger partial charge in [0.2, 0.25) is 10.0 Å². The number of pyridine rings is 1. The lowest BCUT2D eigenvalue weighted by atomic mass is 10.0. The fraction of sp³-hybridized carbons (Fsp3) is 0.391. The zero-order valence-corrected chi connectivity index (χ0v) is 18.5. The normalized spacial score (nSPS) is 15.4. The Balaban J connectivity index is 1.56. The molecule has 1 N–H and O–H groups in total. The molecule has 2 heterocycles. The molecule has 0 bridgehead atoms. The first kappa shape index (κ1) is 22.9. The van der Waals surface area contributed by atoms with Crippen LogP contribution < -0.4 is 4.72 Å². The van der Waals surface area contributed by atoms with Crippen LogP contribution in [0.5, 0.6) is 0 Å². The number of sulfonamides is 1. The second-order valence-electron chi connectivity index (χ2n) is 7.62. The third-order valence-electron chi connectivity index (χ3n) is 5.59. The van der Waals surface area contributed by atoms with Crippen molar-refractivity contribution in [2.45, 2.75) is 30.2 Å². The molecule has 0 radical (unpaired) electrons. The fourth-order valence-electron chi connectivity index (χ4n) is 3.73. The number of hydrogen-bond donors (Lipinski definition) is 1. The van der Waals surface area contributed by atoms with Crippen LogP contribution in [-0.2, 0) is 16.4 Å². The van der Waals surface area contributed by atoms with Crippen molar-refractivity contribution in [3.8, 4) is 12.3 Å². The van der Waals surface area contributed by atoms with Crippen molar-refractivity contribution in [2.75, 3.05) is 33.2 Å². The first-order valence-electron chi connectivity index (χ1n) is 10.3. The highest BCUT2D eigenvalue weighted by Crippen LogP contribution is 2.19. The van der Waals surface area contributed by atoms with Gasteiger partial charge in [-0.15, -0.1) is 6.42 Å². The van der Waals surface area contributed by atoms with Gasteiger partial charge in [-0.05, 0) is 43.2 Å². The van der Waals surface area contributed by atoms with E-state index >= 15 is 0 Å². The van der Waals surface area contributed by atoms with Crippen LogP contribution in [0.15, 0.2) is 53.6 Å². The average Bonchev–Trinajstić information content (AvgIpc) is 2.81. The number of carbonyl (C=O) groups is 1. The maximum Gasteiger partial charge on any atom is 0.253 e. The molecule has 31 heavy (non-hydrogen) atoms. The number of amides is 1. The molecule has 7 nitrogen and oxygen atoms in total. The molecule has 1 fully saturated rings. The summed E-state index contributed by atoms with van der Waals surface area (Å²) in [6.45, 7) is 2.68. The summed E-state index contributed by atoms with van der Waals surface area (Å²) in [6.07, 6.45) is 9.62. The van der Waals surface area contributed by atoms with Gasteiger partial charge in [0.25, 0.3) is 5.91 Å². The van der Waals surface area contributed by atoms with E-state index in [4.69, 9.17) is 6.42 Å². The van der Waals surface area contributed by atoms with Gasteiger partial charge in [-0.1, -0.05) is 18.1 Å². The second-order valence-corrected chi connectivity index (χ2v) is 9.38. The zero-order valence-electron chi connectivity index (χ0n) is 17.7. The van der Waals surface area contributed by atoms with E-state index in [9.17, 15) is 13.2 Å². The summed E-state index contributed by atoms with van der Waals surface area (Å²) in [5.74, 6) is 2.06. The van der Waals surface area contributed by atoms with Gasteiger partial charge in [0, 0.05) is 56.6 Å². The Labute approximate surface area is 184 Å². The molecule has 1 aliphatic heterocycles. The van der Waals surface area contributed by atoms with Gasteiger partial charge >= 0.3 is 0 Å². The Morgan fingerprint density at radius 1 is 1.26 bits per heavy atom. The maximum atomic E-state index is 13.0. The molecule has 1 amide bonds. The van der Waals surface area contributed by atoms with E-state index in [0.717, 1.165) is 44.6 Å². The van der Waals surface area contributed by atoms with Crippen molar-refractivity contribution in [1.29, 1.82) is 0 Å². The van der Waals surface area contributed by atoms with E-state index in [1.807, 2.05) is 24.4 Å². The SMILES string of the molecule is C#CCNS(=O)(=O)c1cccc(C(=O)N(C)C2CCN(CCc3ccccn3)CC2)c1. The lowest BCUT2D eigenvalue weighted by Gasteiger charge is -2.36. The first-order chi connectivity index (χ1) is 14.9. The van der Waals surface area contributed by atoms with Crippen molar-refractivity contribution in [3.05, 3.63) is 59.9 Å². The van der Waals surface area contributed by atoms with Crippen LogP contribution in [0.2, 0.25) is 0 Å². The number of carbonyl (C=O) groups excluding carboxylic acids is 1. The van der Waals surface area contributed by atoms with Gasteiger partial charge in [-0.3, -0.25) is 9.78 Å². The second kappa shape index (κ2) is 10.5. The molecule has 3 rings (SSSR count). The fourth-order valence-corrected chi connectivity index (χ4v) is 4.71. The quantitative estimate of drug-likeness (QED) is 0.633. The minimum atomic E-state index is -3.74. The van der Waals surface area contributed by atoms with E-state index in [0.29, 0.717) is 5.56 Å². The Bertz CT molecular complexity index is 1030. The lowest BCUT2D eigenvalue weighted by Crippen LogP contribution is -2.46. The summed E-state index contributed by atoms with van der Waals surface area (Å²) in [4.78, 5) is 21.5. The summed E-state index contributed by atoms with van der Waals surface area (Å²) in [5.41, 5.74) is 1.44. The number of nitrogens with zero attached hydrogens (tertiary/aromatic N) is 3. The highest BCUT2D eigenvalue weighted by Gasteiger charge is 2.26. The molecular formula is C23H28N4O3S. The Morgan fingerprint density at radius 2 is 2.03 bits per heavy atom. The molecule has 0 spiro atoms. The third-order valence-corrected chi connectivity index (χ3v) is 6.99. The lowest BCUT2D eigenvalue weighted by molar-refractivity contribution is 0.0643. The molecule has 2 aromatic rings. The molecule has 0 unspecified atom stereocenters. The summed E-state index contributed by atoms with van der Waals surface area (Å²) in [7, 11) is -1.95. The predicted octanol–water partition coefficient (Wildman–Crippen LogP) is 1.77. The minimum absolute atomic E-state index is 0.0336. The standard InChI is InChI=1S/C23H28N4O3S/c1-3-13-25-31(29,30)22-9-6-7-19(18-22)23(28)26(2)21-11-16-27(17-12-21)15-10-20-8-4-5-14-24-20/h1,4-9,14,18,21,25H,10-13,15-17H2,2H3. The Hall–Kier alpha value is -2.73. The van der Waals surface area contributed by atoms with Crippen molar-refractivity contribution in [2.24, 2.45) is 0 Å². The maximum absolute atomic E-state index is 13.0.